The average molecular weight is 326 g/mol. The van der Waals surface area contributed by atoms with Crippen molar-refractivity contribution in [3.05, 3.63) is 41.7 Å². The molecule has 122 valence electrons. The van der Waals surface area contributed by atoms with Crippen LogP contribution in [0.15, 0.2) is 36.2 Å². The lowest BCUT2D eigenvalue weighted by Gasteiger charge is -2.16. The van der Waals surface area contributed by atoms with Crippen LogP contribution < -0.4 is 21.9 Å². The minimum absolute atomic E-state index is 0.0865. The Balaban J connectivity index is 2.65. The molecule has 22 heavy (non-hydrogen) atoms. The number of carbonyl (C=O) groups is 1. The number of rotatable bonds is 8. The Kier molecular flexibility index (Phi) is 7.76. The molecule has 1 amide bonds. The molecule has 0 aliphatic carbocycles. The molecule has 0 spiro atoms. The molecule has 0 unspecified atom stereocenters. The van der Waals surface area contributed by atoms with Gasteiger partial charge in [-0.3, -0.25) is 9.80 Å². The van der Waals surface area contributed by atoms with Crippen molar-refractivity contribution >= 4 is 23.7 Å². The molecule has 0 heterocycles. The maximum absolute atomic E-state index is 11.9. The topological polar surface area (TPSA) is 84.4 Å². The second kappa shape index (κ2) is 9.32. The number of nitrogens with two attached hydrogens (primary N) is 2. The zero-order valence-corrected chi connectivity index (χ0v) is 13.7. The summed E-state index contributed by atoms with van der Waals surface area (Å²) in [7, 11) is 0. The molecule has 0 radical (unpaired) electrons. The summed E-state index contributed by atoms with van der Waals surface area (Å²) in [6, 6.07) is 6.99. The first-order valence-electron chi connectivity index (χ1n) is 7.08. The van der Waals surface area contributed by atoms with Gasteiger partial charge in [0, 0.05) is 41.4 Å². The van der Waals surface area contributed by atoms with Crippen LogP contribution in [0.3, 0.4) is 0 Å². The number of hydrogen-bond donors (Lipinski definition) is 3. The monoisotopic (exact) mass is 326 g/mol. The molecule has 7 heteroatoms. The van der Waals surface area contributed by atoms with E-state index in [1.54, 1.807) is 30.5 Å². The Hall–Kier alpha value is -1.73. The van der Waals surface area contributed by atoms with Gasteiger partial charge in [-0.05, 0) is 51.0 Å². The van der Waals surface area contributed by atoms with E-state index in [1.807, 2.05) is 13.8 Å². The Morgan fingerprint density at radius 2 is 2.05 bits per heavy atom. The number of benzene rings is 1. The van der Waals surface area contributed by atoms with Crippen LogP contribution >= 0.6 is 12.1 Å². The highest BCUT2D eigenvalue weighted by molar-refractivity contribution is 7.94. The van der Waals surface area contributed by atoms with Gasteiger partial charge in [-0.25, -0.2) is 5.84 Å². The van der Waals surface area contributed by atoms with Gasteiger partial charge in [-0.15, -0.1) is 0 Å². The first kappa shape index (κ1) is 18.3. The van der Waals surface area contributed by atoms with Crippen molar-refractivity contribution in [1.29, 1.82) is 0 Å². The third-order valence-corrected chi connectivity index (χ3v) is 3.28. The first-order valence-corrected chi connectivity index (χ1v) is 7.97. The Morgan fingerprint density at radius 3 is 2.59 bits per heavy atom. The molecule has 5 nitrogen and oxygen atoms in total. The number of nitrogens with one attached hydrogen (secondary N) is 1. The summed E-state index contributed by atoms with van der Waals surface area (Å²) in [6.07, 6.45) is 2.84. The lowest BCUT2D eigenvalue weighted by molar-refractivity contribution is 0.0943. The summed E-state index contributed by atoms with van der Waals surface area (Å²) >= 11 is 0.302. The van der Waals surface area contributed by atoms with Crippen molar-refractivity contribution < 1.29 is 8.68 Å². The number of hydrogen-bond acceptors (Lipinski definition) is 5. The predicted octanol–water partition coefficient (Wildman–Crippen LogP) is 2.70. The van der Waals surface area contributed by atoms with Crippen LogP contribution in [0.4, 0.5) is 9.57 Å². The largest absolute Gasteiger partial charge is 0.401 e. The van der Waals surface area contributed by atoms with E-state index in [0.717, 1.165) is 0 Å². The van der Waals surface area contributed by atoms with Crippen molar-refractivity contribution in [1.82, 2.24) is 5.32 Å². The fourth-order valence-electron chi connectivity index (χ4n) is 1.78. The van der Waals surface area contributed by atoms with Crippen molar-refractivity contribution in [3.8, 4) is 0 Å². The van der Waals surface area contributed by atoms with Gasteiger partial charge in [0.2, 0.25) is 0 Å². The summed E-state index contributed by atoms with van der Waals surface area (Å²) in [5, 5.41) is 4.21. The summed E-state index contributed by atoms with van der Waals surface area (Å²) in [5.74, 6) is 6.20. The number of allylic oxidation sites excluding steroid dienone is 1. The van der Waals surface area contributed by atoms with Gasteiger partial charge >= 0.3 is 0 Å². The third kappa shape index (κ3) is 6.36. The highest BCUT2D eigenvalue weighted by Gasteiger charge is 2.07. The Labute approximate surface area is 135 Å². The molecular weight excluding hydrogens is 303 g/mol. The highest BCUT2D eigenvalue weighted by atomic mass is 32.2. The van der Waals surface area contributed by atoms with Crippen LogP contribution in [0.5, 0.6) is 0 Å². The summed E-state index contributed by atoms with van der Waals surface area (Å²) in [5.41, 5.74) is 7.69. The van der Waals surface area contributed by atoms with Gasteiger partial charge in [0.05, 0.1) is 5.69 Å². The van der Waals surface area contributed by atoms with Gasteiger partial charge in [-0.2, -0.15) is 3.89 Å². The van der Waals surface area contributed by atoms with Crippen LogP contribution in [0.1, 0.15) is 37.0 Å². The minimum atomic E-state index is -0.121. The summed E-state index contributed by atoms with van der Waals surface area (Å²) < 4.78 is 11.9. The Bertz CT molecular complexity index is 505. The standard InChI is InChI=1S/C15H23FN4OS/c1-11(2)19-15(21)12-5-7-14(8-6-12)20(18)10-13(17)4-3-9-22-16/h5-8,10-11H,3-4,9,17-18H2,1-2H3,(H,19,21)/b13-10-. The van der Waals surface area contributed by atoms with Crippen molar-refractivity contribution in [2.75, 3.05) is 10.8 Å². The smallest absolute Gasteiger partial charge is 0.251 e. The van der Waals surface area contributed by atoms with E-state index in [4.69, 9.17) is 11.6 Å². The van der Waals surface area contributed by atoms with Crippen molar-refractivity contribution in [2.45, 2.75) is 32.7 Å². The second-order valence-electron chi connectivity index (χ2n) is 5.20. The molecular formula is C15H23FN4OS. The third-order valence-electron chi connectivity index (χ3n) is 2.84. The van der Waals surface area contributed by atoms with E-state index in [2.05, 4.69) is 5.32 Å². The SMILES string of the molecule is CC(C)NC(=O)c1ccc(N(N)/C=C(\N)CCCSF)cc1. The Morgan fingerprint density at radius 1 is 1.41 bits per heavy atom. The highest BCUT2D eigenvalue weighted by Crippen LogP contribution is 2.14. The molecule has 0 bridgehead atoms. The fourth-order valence-corrected chi connectivity index (χ4v) is 2.03. The quantitative estimate of drug-likeness (QED) is 0.388. The van der Waals surface area contributed by atoms with Crippen LogP contribution in [0.25, 0.3) is 0 Å². The van der Waals surface area contributed by atoms with E-state index in [1.165, 1.54) is 5.01 Å². The second-order valence-corrected chi connectivity index (χ2v) is 5.83. The number of anilines is 1. The summed E-state index contributed by atoms with van der Waals surface area (Å²) in [4.78, 5) is 11.8. The normalized spacial score (nSPS) is 11.6. The van der Waals surface area contributed by atoms with Crippen LogP contribution in [-0.2, 0) is 0 Å². The molecule has 1 rings (SSSR count). The van der Waals surface area contributed by atoms with E-state index < -0.39 is 0 Å². The van der Waals surface area contributed by atoms with E-state index >= 15 is 0 Å². The zero-order valence-electron chi connectivity index (χ0n) is 12.9. The molecule has 0 atom stereocenters. The molecule has 1 aromatic carbocycles. The molecule has 0 aliphatic rings. The zero-order chi connectivity index (χ0) is 16.5. The van der Waals surface area contributed by atoms with Crippen LogP contribution in [0, 0.1) is 0 Å². The molecule has 0 aliphatic heterocycles. The number of amides is 1. The van der Waals surface area contributed by atoms with Gasteiger partial charge in [0.25, 0.3) is 5.91 Å². The maximum Gasteiger partial charge on any atom is 0.251 e. The molecule has 5 N–H and O–H groups in total. The lowest BCUT2D eigenvalue weighted by Crippen LogP contribution is -2.30. The van der Waals surface area contributed by atoms with Crippen molar-refractivity contribution in [2.24, 2.45) is 11.6 Å². The van der Waals surface area contributed by atoms with Crippen molar-refractivity contribution in [3.63, 3.8) is 0 Å². The van der Waals surface area contributed by atoms with E-state index in [0.29, 0.717) is 47.7 Å². The number of nitrogens with zero attached hydrogens (tertiary/aromatic N) is 1. The van der Waals surface area contributed by atoms with Crippen LogP contribution in [0.2, 0.25) is 0 Å². The number of hydrazine groups is 1. The number of halogens is 1. The van der Waals surface area contributed by atoms with Crippen LogP contribution in [-0.4, -0.2) is 17.7 Å². The summed E-state index contributed by atoms with van der Waals surface area (Å²) in [6.45, 7) is 3.81. The molecule has 0 saturated heterocycles. The number of carbonyl (C=O) groups excluding carboxylic acids is 1. The van der Waals surface area contributed by atoms with Gasteiger partial charge in [0.1, 0.15) is 0 Å². The molecule has 0 saturated carbocycles. The maximum atomic E-state index is 11.9. The van der Waals surface area contributed by atoms with Gasteiger partial charge < -0.3 is 11.1 Å². The molecule has 0 fully saturated rings. The van der Waals surface area contributed by atoms with E-state index in [9.17, 15) is 8.68 Å². The minimum Gasteiger partial charge on any atom is -0.401 e. The first-order chi connectivity index (χ1) is 10.4. The van der Waals surface area contributed by atoms with Gasteiger partial charge in [0.15, 0.2) is 0 Å². The lowest BCUT2D eigenvalue weighted by atomic mass is 10.2. The molecule has 1 aromatic rings. The fraction of sp³-hybridized carbons (Fsp3) is 0.400. The molecule has 0 aromatic heterocycles. The van der Waals surface area contributed by atoms with Gasteiger partial charge in [-0.1, -0.05) is 0 Å². The van der Waals surface area contributed by atoms with E-state index in [-0.39, 0.29) is 11.9 Å². The predicted molar refractivity (Wildman–Crippen MR) is 90.8 cm³/mol. The average Bonchev–Trinajstić information content (AvgIpc) is 2.47.